The van der Waals surface area contributed by atoms with Crippen molar-refractivity contribution in [3.05, 3.63) is 47.5 Å². The van der Waals surface area contributed by atoms with Crippen molar-refractivity contribution in [1.82, 2.24) is 0 Å². The van der Waals surface area contributed by atoms with Crippen LogP contribution in [0.25, 0.3) is 0 Å². The van der Waals surface area contributed by atoms with Gasteiger partial charge in [-0.05, 0) is 45.4 Å². The first-order valence-corrected chi connectivity index (χ1v) is 6.85. The molecule has 0 unspecified atom stereocenters. The Morgan fingerprint density at radius 3 is 2.45 bits per heavy atom. The van der Waals surface area contributed by atoms with Gasteiger partial charge < -0.3 is 15.8 Å². The molecule has 0 saturated heterocycles. The fourth-order valence-corrected chi connectivity index (χ4v) is 2.14. The van der Waals surface area contributed by atoms with Crippen molar-refractivity contribution >= 4 is 17.1 Å². The second kappa shape index (κ2) is 5.87. The Balaban J connectivity index is 2.26. The Kier molecular flexibility index (Phi) is 4.18. The molecule has 0 spiro atoms. The summed E-state index contributed by atoms with van der Waals surface area (Å²) in [7, 11) is 0. The van der Waals surface area contributed by atoms with Crippen molar-refractivity contribution in [3.8, 4) is 5.75 Å². The van der Waals surface area contributed by atoms with Crippen LogP contribution in [0.5, 0.6) is 5.75 Å². The van der Waals surface area contributed by atoms with Crippen molar-refractivity contribution in [2.75, 3.05) is 11.1 Å². The number of ether oxygens (including phenoxy) is 1. The molecule has 0 aliphatic heterocycles. The van der Waals surface area contributed by atoms with E-state index in [2.05, 4.69) is 37.4 Å². The van der Waals surface area contributed by atoms with E-state index >= 15 is 0 Å². The minimum absolute atomic E-state index is 0.130. The summed E-state index contributed by atoms with van der Waals surface area (Å²) < 4.78 is 5.70. The van der Waals surface area contributed by atoms with E-state index in [0.29, 0.717) is 5.69 Å². The zero-order valence-electron chi connectivity index (χ0n) is 12.5. The van der Waals surface area contributed by atoms with Gasteiger partial charge in [0.25, 0.3) is 0 Å². The summed E-state index contributed by atoms with van der Waals surface area (Å²) in [5, 5.41) is 3.39. The summed E-state index contributed by atoms with van der Waals surface area (Å²) in [6.07, 6.45) is 0.130. The molecule has 0 aliphatic rings. The number of aryl methyl sites for hydroxylation is 2. The molecule has 0 saturated carbocycles. The first-order chi connectivity index (χ1) is 9.44. The van der Waals surface area contributed by atoms with Gasteiger partial charge in [0.05, 0.1) is 6.10 Å². The van der Waals surface area contributed by atoms with Crippen LogP contribution in [0.15, 0.2) is 36.4 Å². The zero-order chi connectivity index (χ0) is 14.7. The van der Waals surface area contributed by atoms with E-state index < -0.39 is 0 Å². The summed E-state index contributed by atoms with van der Waals surface area (Å²) in [5.74, 6) is 0.785. The Morgan fingerprint density at radius 1 is 1.05 bits per heavy atom. The lowest BCUT2D eigenvalue weighted by Crippen LogP contribution is -2.06. The van der Waals surface area contributed by atoms with E-state index in [1.165, 1.54) is 11.1 Å². The van der Waals surface area contributed by atoms with Crippen LogP contribution in [-0.2, 0) is 0 Å². The maximum atomic E-state index is 5.93. The average molecular weight is 270 g/mol. The van der Waals surface area contributed by atoms with Gasteiger partial charge in [0.1, 0.15) is 5.75 Å². The summed E-state index contributed by atoms with van der Waals surface area (Å²) in [4.78, 5) is 0. The molecule has 0 atom stereocenters. The van der Waals surface area contributed by atoms with Gasteiger partial charge in [0.2, 0.25) is 0 Å². The minimum Gasteiger partial charge on any atom is -0.491 e. The zero-order valence-corrected chi connectivity index (χ0v) is 12.5. The van der Waals surface area contributed by atoms with Crippen LogP contribution < -0.4 is 15.8 Å². The average Bonchev–Trinajstić information content (AvgIpc) is 2.31. The van der Waals surface area contributed by atoms with Crippen LogP contribution in [0, 0.1) is 13.8 Å². The van der Waals surface area contributed by atoms with Crippen LogP contribution in [0.4, 0.5) is 17.1 Å². The van der Waals surface area contributed by atoms with E-state index in [-0.39, 0.29) is 6.10 Å². The summed E-state index contributed by atoms with van der Waals surface area (Å²) in [5.41, 5.74) is 11.1. The minimum atomic E-state index is 0.130. The topological polar surface area (TPSA) is 47.3 Å². The van der Waals surface area contributed by atoms with Crippen molar-refractivity contribution in [2.45, 2.75) is 33.8 Å². The number of hydrogen-bond donors (Lipinski definition) is 2. The Labute approximate surface area is 120 Å². The van der Waals surface area contributed by atoms with E-state index in [1.54, 1.807) is 0 Å². The van der Waals surface area contributed by atoms with Gasteiger partial charge >= 0.3 is 0 Å². The molecule has 0 amide bonds. The number of hydrogen-bond acceptors (Lipinski definition) is 3. The van der Waals surface area contributed by atoms with Crippen LogP contribution in [0.2, 0.25) is 0 Å². The maximum Gasteiger partial charge on any atom is 0.123 e. The van der Waals surface area contributed by atoms with Crippen molar-refractivity contribution in [2.24, 2.45) is 0 Å². The third-order valence-electron chi connectivity index (χ3n) is 2.96. The molecule has 106 valence electrons. The van der Waals surface area contributed by atoms with Gasteiger partial charge in [-0.15, -0.1) is 0 Å². The molecule has 2 rings (SSSR count). The molecule has 0 aliphatic carbocycles. The van der Waals surface area contributed by atoms with Gasteiger partial charge in [0.15, 0.2) is 0 Å². The van der Waals surface area contributed by atoms with Crippen LogP contribution in [-0.4, -0.2) is 6.10 Å². The standard InChI is InChI=1S/C17H22N2O/c1-11(2)20-16-9-14(18)8-15(10-16)19-17-6-5-12(3)7-13(17)4/h5-11,19H,18H2,1-4H3. The molecular weight excluding hydrogens is 248 g/mol. The second-order valence-corrected chi connectivity index (χ2v) is 5.40. The number of benzene rings is 2. The molecule has 0 bridgehead atoms. The van der Waals surface area contributed by atoms with Crippen molar-refractivity contribution in [3.63, 3.8) is 0 Å². The molecular formula is C17H22N2O. The highest BCUT2D eigenvalue weighted by atomic mass is 16.5. The second-order valence-electron chi connectivity index (χ2n) is 5.40. The smallest absolute Gasteiger partial charge is 0.123 e. The monoisotopic (exact) mass is 270 g/mol. The van der Waals surface area contributed by atoms with Crippen LogP contribution in [0.1, 0.15) is 25.0 Å². The van der Waals surface area contributed by atoms with E-state index in [9.17, 15) is 0 Å². The molecule has 0 fully saturated rings. The van der Waals surface area contributed by atoms with Crippen molar-refractivity contribution in [1.29, 1.82) is 0 Å². The molecule has 0 radical (unpaired) electrons. The third-order valence-corrected chi connectivity index (χ3v) is 2.96. The van der Waals surface area contributed by atoms with E-state index in [0.717, 1.165) is 17.1 Å². The summed E-state index contributed by atoms with van der Waals surface area (Å²) >= 11 is 0. The van der Waals surface area contributed by atoms with Gasteiger partial charge in [-0.25, -0.2) is 0 Å². The summed E-state index contributed by atoms with van der Waals surface area (Å²) in [6.45, 7) is 8.18. The lowest BCUT2D eigenvalue weighted by Gasteiger charge is -2.14. The molecule has 3 nitrogen and oxygen atoms in total. The first kappa shape index (κ1) is 14.3. The number of nitrogens with two attached hydrogens (primary N) is 1. The fraction of sp³-hybridized carbons (Fsp3) is 0.294. The number of nitrogens with one attached hydrogen (secondary N) is 1. The highest BCUT2D eigenvalue weighted by Gasteiger charge is 2.04. The maximum absolute atomic E-state index is 5.93. The van der Waals surface area contributed by atoms with Gasteiger partial charge in [-0.1, -0.05) is 17.7 Å². The van der Waals surface area contributed by atoms with Gasteiger partial charge in [-0.3, -0.25) is 0 Å². The molecule has 20 heavy (non-hydrogen) atoms. The number of rotatable bonds is 4. The van der Waals surface area contributed by atoms with E-state index in [4.69, 9.17) is 10.5 Å². The lowest BCUT2D eigenvalue weighted by atomic mass is 10.1. The first-order valence-electron chi connectivity index (χ1n) is 6.85. The summed E-state index contributed by atoms with van der Waals surface area (Å²) in [6, 6.07) is 12.0. The Bertz CT molecular complexity index is 606. The van der Waals surface area contributed by atoms with Crippen LogP contribution >= 0.6 is 0 Å². The Morgan fingerprint density at radius 2 is 1.80 bits per heavy atom. The lowest BCUT2D eigenvalue weighted by molar-refractivity contribution is 0.242. The predicted molar refractivity (Wildman–Crippen MR) is 85.8 cm³/mol. The molecule has 0 aromatic heterocycles. The SMILES string of the molecule is Cc1ccc(Nc2cc(N)cc(OC(C)C)c2)c(C)c1. The molecule has 3 heteroatoms. The predicted octanol–water partition coefficient (Wildman–Crippen LogP) is 4.42. The molecule has 2 aromatic rings. The normalized spacial score (nSPS) is 10.7. The number of anilines is 3. The molecule has 0 heterocycles. The highest BCUT2D eigenvalue weighted by molar-refractivity contribution is 5.68. The van der Waals surface area contributed by atoms with Gasteiger partial charge in [-0.2, -0.15) is 0 Å². The third kappa shape index (κ3) is 3.67. The van der Waals surface area contributed by atoms with E-state index in [1.807, 2.05) is 32.0 Å². The number of nitrogen functional groups attached to an aromatic ring is 1. The largest absolute Gasteiger partial charge is 0.491 e. The molecule has 3 N–H and O–H groups in total. The van der Waals surface area contributed by atoms with Crippen molar-refractivity contribution < 1.29 is 4.74 Å². The fourth-order valence-electron chi connectivity index (χ4n) is 2.14. The quantitative estimate of drug-likeness (QED) is 0.809. The molecule has 2 aromatic carbocycles. The highest BCUT2D eigenvalue weighted by Crippen LogP contribution is 2.27. The van der Waals surface area contributed by atoms with Crippen LogP contribution in [0.3, 0.4) is 0 Å². The Hall–Kier alpha value is -2.16. The van der Waals surface area contributed by atoms with Gasteiger partial charge in [0, 0.05) is 29.2 Å².